The third-order valence-corrected chi connectivity index (χ3v) is 6.78. The van der Waals surface area contributed by atoms with Gasteiger partial charge in [0.05, 0.1) is 12.0 Å². The lowest BCUT2D eigenvalue weighted by Gasteiger charge is -2.37. The summed E-state index contributed by atoms with van der Waals surface area (Å²) in [4.78, 5) is 0.274. The molecule has 1 N–H and O–H groups in total. The Bertz CT molecular complexity index is 859. The highest BCUT2D eigenvalue weighted by Gasteiger charge is 2.35. The predicted molar refractivity (Wildman–Crippen MR) is 106 cm³/mol. The van der Waals surface area contributed by atoms with Gasteiger partial charge < -0.3 is 9.47 Å². The van der Waals surface area contributed by atoms with Crippen molar-refractivity contribution < 1.29 is 17.9 Å². The Labute approximate surface area is 161 Å². The monoisotopic (exact) mass is 389 g/mol. The number of benzene rings is 2. The molecule has 0 unspecified atom stereocenters. The molecule has 3 rings (SSSR count). The van der Waals surface area contributed by atoms with Gasteiger partial charge in [-0.1, -0.05) is 37.3 Å². The number of methoxy groups -OCH3 is 1. The van der Waals surface area contributed by atoms with Gasteiger partial charge in [-0.05, 0) is 48.6 Å². The molecule has 1 saturated heterocycles. The zero-order valence-electron chi connectivity index (χ0n) is 15.9. The maximum Gasteiger partial charge on any atom is 0.240 e. The Kier molecular flexibility index (Phi) is 6.19. The number of nitrogens with one attached hydrogen (secondary N) is 1. The largest absolute Gasteiger partial charge is 0.496 e. The van der Waals surface area contributed by atoms with E-state index in [4.69, 9.17) is 9.47 Å². The topological polar surface area (TPSA) is 64.6 Å². The van der Waals surface area contributed by atoms with Crippen LogP contribution in [0, 0.1) is 0 Å². The van der Waals surface area contributed by atoms with E-state index in [0.717, 1.165) is 24.0 Å². The second kappa shape index (κ2) is 8.42. The fourth-order valence-corrected chi connectivity index (χ4v) is 4.81. The third-order valence-electron chi connectivity index (χ3n) is 5.38. The molecule has 0 aromatic heterocycles. The lowest BCUT2D eigenvalue weighted by atomic mass is 9.74. The summed E-state index contributed by atoms with van der Waals surface area (Å²) >= 11 is 0. The van der Waals surface area contributed by atoms with Gasteiger partial charge in [-0.2, -0.15) is 0 Å². The van der Waals surface area contributed by atoms with Crippen LogP contribution in [-0.4, -0.2) is 35.3 Å². The standard InChI is InChI=1S/C21H27NO4S/c1-3-17-15-19(9-10-20(17)25-2)27(23,24)22-16-21(11-13-26-14-12-21)18-7-5-4-6-8-18/h4-10,15,22H,3,11-14,16H2,1-2H3. The fraction of sp³-hybridized carbons (Fsp3) is 0.429. The van der Waals surface area contributed by atoms with Crippen LogP contribution in [-0.2, 0) is 26.6 Å². The van der Waals surface area contributed by atoms with E-state index in [0.29, 0.717) is 31.9 Å². The highest BCUT2D eigenvalue weighted by Crippen LogP contribution is 2.34. The van der Waals surface area contributed by atoms with Crippen molar-refractivity contribution in [2.45, 2.75) is 36.5 Å². The lowest BCUT2D eigenvalue weighted by molar-refractivity contribution is 0.0517. The number of aryl methyl sites for hydroxylation is 1. The van der Waals surface area contributed by atoms with Crippen molar-refractivity contribution in [1.29, 1.82) is 0 Å². The Balaban J connectivity index is 1.84. The molecule has 1 aliphatic rings. The molecule has 0 amide bonds. The number of hydrogen-bond donors (Lipinski definition) is 1. The van der Waals surface area contributed by atoms with Crippen molar-refractivity contribution in [2.24, 2.45) is 0 Å². The van der Waals surface area contributed by atoms with Gasteiger partial charge >= 0.3 is 0 Å². The summed E-state index contributed by atoms with van der Waals surface area (Å²) in [6, 6.07) is 15.1. The van der Waals surface area contributed by atoms with Crippen LogP contribution in [0.25, 0.3) is 0 Å². The highest BCUT2D eigenvalue weighted by atomic mass is 32.2. The van der Waals surface area contributed by atoms with E-state index in [-0.39, 0.29) is 10.3 Å². The zero-order chi connectivity index (χ0) is 19.3. The minimum atomic E-state index is -3.61. The molecule has 0 atom stereocenters. The molecule has 0 spiro atoms. The first kappa shape index (κ1) is 19.9. The van der Waals surface area contributed by atoms with Crippen LogP contribution in [0.15, 0.2) is 53.4 Å². The van der Waals surface area contributed by atoms with Gasteiger partial charge in [-0.15, -0.1) is 0 Å². The summed E-state index contributed by atoms with van der Waals surface area (Å²) in [5.74, 6) is 0.710. The number of rotatable bonds is 7. The van der Waals surface area contributed by atoms with Crippen LogP contribution in [0.1, 0.15) is 30.9 Å². The van der Waals surface area contributed by atoms with E-state index in [1.165, 1.54) is 0 Å². The normalized spacial score (nSPS) is 16.8. The van der Waals surface area contributed by atoms with E-state index in [2.05, 4.69) is 16.9 Å². The van der Waals surface area contributed by atoms with Gasteiger partial charge in [-0.25, -0.2) is 13.1 Å². The third kappa shape index (κ3) is 4.34. The first-order valence-electron chi connectivity index (χ1n) is 9.30. The number of ether oxygens (including phenoxy) is 2. The second-order valence-corrected chi connectivity index (χ2v) is 8.68. The molecular formula is C21H27NO4S. The lowest BCUT2D eigenvalue weighted by Crippen LogP contribution is -2.44. The van der Waals surface area contributed by atoms with Gasteiger partial charge in [0, 0.05) is 25.2 Å². The quantitative estimate of drug-likeness (QED) is 0.789. The predicted octanol–water partition coefficient (Wildman–Crippen LogP) is 3.28. The summed E-state index contributed by atoms with van der Waals surface area (Å²) < 4.78 is 39.5. The number of sulfonamides is 1. The molecule has 2 aromatic carbocycles. The van der Waals surface area contributed by atoms with Crippen molar-refractivity contribution in [1.82, 2.24) is 4.72 Å². The highest BCUT2D eigenvalue weighted by molar-refractivity contribution is 7.89. The van der Waals surface area contributed by atoms with Crippen LogP contribution in [0.4, 0.5) is 0 Å². The van der Waals surface area contributed by atoms with Crippen LogP contribution >= 0.6 is 0 Å². The molecule has 1 heterocycles. The Morgan fingerprint density at radius 1 is 1.11 bits per heavy atom. The molecular weight excluding hydrogens is 362 g/mol. The van der Waals surface area contributed by atoms with Crippen molar-refractivity contribution >= 4 is 10.0 Å². The summed E-state index contributed by atoms with van der Waals surface area (Å²) in [7, 11) is -2.02. The van der Waals surface area contributed by atoms with Crippen LogP contribution < -0.4 is 9.46 Å². The van der Waals surface area contributed by atoms with Crippen molar-refractivity contribution in [3.63, 3.8) is 0 Å². The molecule has 1 fully saturated rings. The first-order chi connectivity index (χ1) is 13.0. The second-order valence-electron chi connectivity index (χ2n) is 6.91. The Hall–Kier alpha value is -1.89. The summed E-state index contributed by atoms with van der Waals surface area (Å²) in [6.07, 6.45) is 2.29. The van der Waals surface area contributed by atoms with E-state index in [9.17, 15) is 8.42 Å². The van der Waals surface area contributed by atoms with Crippen LogP contribution in [0.2, 0.25) is 0 Å². The zero-order valence-corrected chi connectivity index (χ0v) is 16.7. The maximum absolute atomic E-state index is 12.9. The maximum atomic E-state index is 12.9. The number of hydrogen-bond acceptors (Lipinski definition) is 4. The SMILES string of the molecule is CCc1cc(S(=O)(=O)NCC2(c3ccccc3)CCOCC2)ccc1OC. The van der Waals surface area contributed by atoms with Crippen molar-refractivity contribution in [3.8, 4) is 5.75 Å². The molecule has 27 heavy (non-hydrogen) atoms. The minimum Gasteiger partial charge on any atom is -0.496 e. The van der Waals surface area contributed by atoms with E-state index >= 15 is 0 Å². The average molecular weight is 390 g/mol. The van der Waals surface area contributed by atoms with E-state index in [1.807, 2.05) is 25.1 Å². The van der Waals surface area contributed by atoms with Crippen LogP contribution in [0.3, 0.4) is 0 Å². The van der Waals surface area contributed by atoms with Gasteiger partial charge in [0.1, 0.15) is 5.75 Å². The molecule has 0 bridgehead atoms. The molecule has 1 aliphatic heterocycles. The molecule has 6 heteroatoms. The summed E-state index contributed by atoms with van der Waals surface area (Å²) in [5, 5.41) is 0. The molecule has 0 saturated carbocycles. The molecule has 2 aromatic rings. The Morgan fingerprint density at radius 3 is 2.44 bits per heavy atom. The van der Waals surface area contributed by atoms with Gasteiger partial charge in [0.2, 0.25) is 10.0 Å². The molecule has 0 radical (unpaired) electrons. The average Bonchev–Trinajstić information content (AvgIpc) is 2.73. The van der Waals surface area contributed by atoms with Gasteiger partial charge in [0.25, 0.3) is 0 Å². The van der Waals surface area contributed by atoms with Gasteiger partial charge in [-0.3, -0.25) is 0 Å². The molecule has 5 nitrogen and oxygen atoms in total. The molecule has 0 aliphatic carbocycles. The van der Waals surface area contributed by atoms with E-state index in [1.54, 1.807) is 25.3 Å². The first-order valence-corrected chi connectivity index (χ1v) is 10.8. The molecule has 146 valence electrons. The van der Waals surface area contributed by atoms with Crippen LogP contribution in [0.5, 0.6) is 5.75 Å². The van der Waals surface area contributed by atoms with Crippen molar-refractivity contribution in [3.05, 3.63) is 59.7 Å². The van der Waals surface area contributed by atoms with Crippen molar-refractivity contribution in [2.75, 3.05) is 26.9 Å². The smallest absolute Gasteiger partial charge is 0.240 e. The van der Waals surface area contributed by atoms with Gasteiger partial charge in [0.15, 0.2) is 0 Å². The summed E-state index contributed by atoms with van der Waals surface area (Å²) in [5.41, 5.74) is 1.79. The fourth-order valence-electron chi connectivity index (χ4n) is 3.64. The summed E-state index contributed by atoms with van der Waals surface area (Å²) in [6.45, 7) is 3.61. The minimum absolute atomic E-state index is 0.243. The van der Waals surface area contributed by atoms with E-state index < -0.39 is 10.0 Å². The Morgan fingerprint density at radius 2 is 1.81 bits per heavy atom.